The standard InChI is InChI=1S/C27H31NO6S/c1-18(2)16-22(27(29)28-30)17-35(31,32)24-15-14-23(33-3)26(34-4)25(24)21-12-10-20(11-13-21)19-8-6-5-7-9-19/h5-15,18,22,30H,16-17H2,1-4H3,(H,28,29). The zero-order valence-corrected chi connectivity index (χ0v) is 21.1. The highest BCUT2D eigenvalue weighted by Crippen LogP contribution is 2.43. The molecule has 0 heterocycles. The number of nitrogens with one attached hydrogen (secondary N) is 1. The van der Waals surface area contributed by atoms with Crippen molar-refractivity contribution >= 4 is 15.7 Å². The number of hydrogen-bond donors (Lipinski definition) is 2. The number of hydrogen-bond acceptors (Lipinski definition) is 6. The molecule has 0 bridgehead atoms. The Bertz CT molecular complexity index is 1250. The topological polar surface area (TPSA) is 102 Å². The van der Waals surface area contributed by atoms with E-state index >= 15 is 0 Å². The van der Waals surface area contributed by atoms with Crippen molar-refractivity contribution in [3.63, 3.8) is 0 Å². The smallest absolute Gasteiger partial charge is 0.247 e. The molecule has 0 spiro atoms. The van der Waals surface area contributed by atoms with E-state index in [1.165, 1.54) is 26.4 Å². The number of amides is 1. The van der Waals surface area contributed by atoms with Gasteiger partial charge in [0.2, 0.25) is 5.91 Å². The van der Waals surface area contributed by atoms with Gasteiger partial charge in [0.25, 0.3) is 0 Å². The maximum atomic E-state index is 13.6. The van der Waals surface area contributed by atoms with Crippen molar-refractivity contribution in [2.75, 3.05) is 20.0 Å². The Labute approximate surface area is 206 Å². The van der Waals surface area contributed by atoms with Crippen molar-refractivity contribution in [2.24, 2.45) is 11.8 Å². The van der Waals surface area contributed by atoms with Gasteiger partial charge in [-0.15, -0.1) is 0 Å². The SMILES string of the molecule is COc1ccc(S(=O)(=O)CC(CC(C)C)C(=O)NO)c(-c2ccc(-c3ccccc3)cc2)c1OC. The first kappa shape index (κ1) is 26.2. The molecule has 3 rings (SSSR count). The second-order valence-corrected chi connectivity index (χ2v) is 10.7. The molecule has 1 unspecified atom stereocenters. The third-order valence-electron chi connectivity index (χ3n) is 5.78. The summed E-state index contributed by atoms with van der Waals surface area (Å²) in [7, 11) is -1.03. The normalized spacial score (nSPS) is 12.3. The van der Waals surface area contributed by atoms with Crippen molar-refractivity contribution in [1.82, 2.24) is 5.48 Å². The molecule has 3 aromatic rings. The third-order valence-corrected chi connectivity index (χ3v) is 7.63. The average molecular weight is 498 g/mol. The Morgan fingerprint density at radius 3 is 2.03 bits per heavy atom. The lowest BCUT2D eigenvalue weighted by atomic mass is 9.98. The van der Waals surface area contributed by atoms with Crippen LogP contribution in [0.1, 0.15) is 20.3 Å². The second kappa shape index (κ2) is 11.4. The van der Waals surface area contributed by atoms with Crippen LogP contribution in [0.4, 0.5) is 0 Å². The van der Waals surface area contributed by atoms with E-state index in [0.717, 1.165) is 11.1 Å². The molecular weight excluding hydrogens is 466 g/mol. The Kier molecular flexibility index (Phi) is 8.53. The molecule has 0 aliphatic rings. The van der Waals surface area contributed by atoms with Crippen LogP contribution in [0.2, 0.25) is 0 Å². The largest absolute Gasteiger partial charge is 0.493 e. The van der Waals surface area contributed by atoms with Crippen LogP contribution < -0.4 is 15.0 Å². The Morgan fingerprint density at radius 1 is 0.886 bits per heavy atom. The number of ether oxygens (including phenoxy) is 2. The minimum Gasteiger partial charge on any atom is -0.493 e. The van der Waals surface area contributed by atoms with Crippen LogP contribution in [0.25, 0.3) is 22.3 Å². The lowest BCUT2D eigenvalue weighted by Crippen LogP contribution is -2.34. The highest BCUT2D eigenvalue weighted by molar-refractivity contribution is 7.91. The first-order valence-electron chi connectivity index (χ1n) is 11.3. The molecule has 8 heteroatoms. The van der Waals surface area contributed by atoms with E-state index in [4.69, 9.17) is 14.7 Å². The van der Waals surface area contributed by atoms with Gasteiger partial charge in [0.15, 0.2) is 21.3 Å². The third kappa shape index (κ3) is 6.01. The molecule has 1 amide bonds. The van der Waals surface area contributed by atoms with E-state index in [-0.39, 0.29) is 16.6 Å². The van der Waals surface area contributed by atoms with Crippen molar-refractivity contribution < 1.29 is 27.9 Å². The molecule has 35 heavy (non-hydrogen) atoms. The van der Waals surface area contributed by atoms with E-state index in [1.807, 2.05) is 68.4 Å². The summed E-state index contributed by atoms with van der Waals surface area (Å²) in [4.78, 5) is 12.3. The summed E-state index contributed by atoms with van der Waals surface area (Å²) in [6, 6.07) is 20.4. The van der Waals surface area contributed by atoms with Gasteiger partial charge in [0.05, 0.1) is 30.8 Å². The number of sulfone groups is 1. The van der Waals surface area contributed by atoms with Crippen molar-refractivity contribution in [3.8, 4) is 33.8 Å². The fourth-order valence-corrected chi connectivity index (χ4v) is 5.96. The van der Waals surface area contributed by atoms with Crippen LogP contribution in [0.15, 0.2) is 71.6 Å². The number of rotatable bonds is 10. The molecule has 0 radical (unpaired) electrons. The molecule has 2 N–H and O–H groups in total. The summed E-state index contributed by atoms with van der Waals surface area (Å²) < 4.78 is 38.3. The van der Waals surface area contributed by atoms with Gasteiger partial charge in [0.1, 0.15) is 0 Å². The van der Waals surface area contributed by atoms with Crippen LogP contribution in [-0.2, 0) is 14.6 Å². The molecule has 0 saturated heterocycles. The molecule has 0 fully saturated rings. The summed E-state index contributed by atoms with van der Waals surface area (Å²) in [5, 5.41) is 9.16. The Hall–Kier alpha value is -3.36. The molecule has 1 atom stereocenters. The van der Waals surface area contributed by atoms with Crippen LogP contribution in [0, 0.1) is 11.8 Å². The highest BCUT2D eigenvalue weighted by atomic mass is 32.2. The first-order valence-corrected chi connectivity index (χ1v) is 12.9. The highest BCUT2D eigenvalue weighted by Gasteiger charge is 2.31. The molecule has 0 saturated carbocycles. The number of hydroxylamine groups is 1. The van der Waals surface area contributed by atoms with Crippen molar-refractivity contribution in [3.05, 3.63) is 66.7 Å². The van der Waals surface area contributed by atoms with Crippen LogP contribution >= 0.6 is 0 Å². The fraction of sp³-hybridized carbons (Fsp3) is 0.296. The summed E-state index contributed by atoms with van der Waals surface area (Å²) in [5.41, 5.74) is 4.62. The van der Waals surface area contributed by atoms with Crippen LogP contribution in [-0.4, -0.2) is 39.5 Å². The Morgan fingerprint density at radius 2 is 1.49 bits per heavy atom. The van der Waals surface area contributed by atoms with E-state index in [2.05, 4.69) is 0 Å². The minimum atomic E-state index is -3.97. The Balaban J connectivity index is 2.13. The average Bonchev–Trinajstić information content (AvgIpc) is 2.87. The van der Waals surface area contributed by atoms with Gasteiger partial charge in [0, 0.05) is 5.56 Å². The quantitative estimate of drug-likeness (QED) is 0.303. The molecular formula is C27H31NO6S. The first-order chi connectivity index (χ1) is 16.7. The molecule has 3 aromatic carbocycles. The lowest BCUT2D eigenvalue weighted by Gasteiger charge is -2.20. The van der Waals surface area contributed by atoms with Gasteiger partial charge >= 0.3 is 0 Å². The predicted octanol–water partition coefficient (Wildman–Crippen LogP) is 4.98. The van der Waals surface area contributed by atoms with Crippen molar-refractivity contribution in [2.45, 2.75) is 25.2 Å². The number of methoxy groups -OCH3 is 2. The van der Waals surface area contributed by atoms with Gasteiger partial charge < -0.3 is 9.47 Å². The summed E-state index contributed by atoms with van der Waals surface area (Å²) in [5.74, 6) is -1.36. The van der Waals surface area contributed by atoms with Gasteiger partial charge in [-0.3, -0.25) is 10.0 Å². The van der Waals surface area contributed by atoms with Gasteiger partial charge in [-0.05, 0) is 41.2 Å². The second-order valence-electron chi connectivity index (χ2n) is 8.70. The number of benzene rings is 3. The van der Waals surface area contributed by atoms with Gasteiger partial charge in [-0.2, -0.15) is 0 Å². The summed E-state index contributed by atoms with van der Waals surface area (Å²) in [6.45, 7) is 3.78. The molecule has 186 valence electrons. The molecule has 0 aliphatic heterocycles. The lowest BCUT2D eigenvalue weighted by molar-refractivity contribution is -0.133. The molecule has 0 aromatic heterocycles. The van der Waals surface area contributed by atoms with Crippen molar-refractivity contribution in [1.29, 1.82) is 0 Å². The van der Waals surface area contributed by atoms with E-state index in [1.54, 1.807) is 5.48 Å². The maximum Gasteiger partial charge on any atom is 0.247 e. The van der Waals surface area contributed by atoms with Crippen LogP contribution in [0.5, 0.6) is 11.5 Å². The summed E-state index contributed by atoms with van der Waals surface area (Å²) >= 11 is 0. The van der Waals surface area contributed by atoms with Gasteiger partial charge in [-0.1, -0.05) is 68.4 Å². The zero-order valence-electron chi connectivity index (χ0n) is 20.3. The maximum absolute atomic E-state index is 13.6. The zero-order chi connectivity index (χ0) is 25.6. The predicted molar refractivity (Wildman–Crippen MR) is 135 cm³/mol. The molecule has 7 nitrogen and oxygen atoms in total. The van der Waals surface area contributed by atoms with E-state index < -0.39 is 27.4 Å². The molecule has 0 aliphatic carbocycles. The number of carbonyl (C=O) groups excluding carboxylic acids is 1. The number of carbonyl (C=O) groups is 1. The van der Waals surface area contributed by atoms with E-state index in [9.17, 15) is 13.2 Å². The van der Waals surface area contributed by atoms with Gasteiger partial charge in [-0.25, -0.2) is 13.9 Å². The van der Waals surface area contributed by atoms with E-state index in [0.29, 0.717) is 23.3 Å². The van der Waals surface area contributed by atoms with Crippen LogP contribution in [0.3, 0.4) is 0 Å². The minimum absolute atomic E-state index is 0.0297. The fourth-order valence-electron chi connectivity index (χ4n) is 4.17. The summed E-state index contributed by atoms with van der Waals surface area (Å²) in [6.07, 6.45) is 0.306. The monoisotopic (exact) mass is 497 g/mol.